The van der Waals surface area contributed by atoms with E-state index in [9.17, 15) is 9.90 Å². The van der Waals surface area contributed by atoms with E-state index in [0.29, 0.717) is 29.4 Å². The highest BCUT2D eigenvalue weighted by atomic mass is 79.9. The molecule has 0 bridgehead atoms. The first kappa shape index (κ1) is 22.1. The van der Waals surface area contributed by atoms with Crippen LogP contribution in [0.1, 0.15) is 48.8 Å². The average Bonchev–Trinajstić information content (AvgIpc) is 3.16. The Bertz CT molecular complexity index is 1080. The van der Waals surface area contributed by atoms with Crippen molar-refractivity contribution in [2.75, 3.05) is 0 Å². The second kappa shape index (κ2) is 9.55. The van der Waals surface area contributed by atoms with Crippen LogP contribution in [0, 0.1) is 0 Å². The fourth-order valence-electron chi connectivity index (χ4n) is 4.17. The third kappa shape index (κ3) is 4.56. The minimum absolute atomic E-state index is 0.243. The summed E-state index contributed by atoms with van der Waals surface area (Å²) >= 11 is 9.99. The standard InChI is InChI=1S/C24H25BrClN3O2/c1-2-20-22(24(31)27-19-9-5-6-10-21(19)30)28-23(17-7-3-4-8-18(17)26)29(20)16-13-11-15(25)12-14-16/h3-4,7-8,11-14,19,21,30H,2,5-6,9-10H2,1H3,(H,27,31)/t19-,21-/m1/s1. The van der Waals surface area contributed by atoms with E-state index in [4.69, 9.17) is 16.6 Å². The number of amides is 1. The van der Waals surface area contributed by atoms with Gasteiger partial charge >= 0.3 is 0 Å². The normalized spacial score (nSPS) is 18.7. The Morgan fingerprint density at radius 3 is 2.58 bits per heavy atom. The average molecular weight is 503 g/mol. The van der Waals surface area contributed by atoms with Crippen LogP contribution < -0.4 is 5.32 Å². The lowest BCUT2D eigenvalue weighted by Crippen LogP contribution is -2.45. The number of nitrogens with one attached hydrogen (secondary N) is 1. The van der Waals surface area contributed by atoms with Crippen LogP contribution in [0.4, 0.5) is 0 Å². The summed E-state index contributed by atoms with van der Waals surface area (Å²) in [6.07, 6.45) is 3.58. The van der Waals surface area contributed by atoms with Crippen molar-refractivity contribution in [2.24, 2.45) is 0 Å². The Hall–Kier alpha value is -2.15. The van der Waals surface area contributed by atoms with Crippen LogP contribution in [0.3, 0.4) is 0 Å². The number of rotatable bonds is 5. The topological polar surface area (TPSA) is 67.2 Å². The van der Waals surface area contributed by atoms with Gasteiger partial charge in [0.1, 0.15) is 11.5 Å². The molecule has 5 nitrogen and oxygen atoms in total. The van der Waals surface area contributed by atoms with E-state index in [1.54, 1.807) is 0 Å². The van der Waals surface area contributed by atoms with Crippen LogP contribution in [0.2, 0.25) is 5.02 Å². The van der Waals surface area contributed by atoms with Crippen LogP contribution in [0.25, 0.3) is 17.1 Å². The SMILES string of the molecule is CCc1c(C(=O)N[C@@H]2CCCC[C@H]2O)nc(-c2ccccc2Cl)n1-c1ccc(Br)cc1. The summed E-state index contributed by atoms with van der Waals surface area (Å²) in [7, 11) is 0. The molecule has 1 aliphatic rings. The van der Waals surface area contributed by atoms with E-state index in [1.807, 2.05) is 60.0 Å². The molecule has 0 aliphatic heterocycles. The molecule has 162 valence electrons. The number of carbonyl (C=O) groups excluding carboxylic acids is 1. The van der Waals surface area contributed by atoms with Crippen LogP contribution in [0.15, 0.2) is 53.0 Å². The number of hydrogen-bond acceptors (Lipinski definition) is 3. The third-order valence-corrected chi connectivity index (χ3v) is 6.63. The molecule has 0 unspecified atom stereocenters. The summed E-state index contributed by atoms with van der Waals surface area (Å²) in [6.45, 7) is 2.01. The van der Waals surface area contributed by atoms with E-state index in [0.717, 1.165) is 40.7 Å². The van der Waals surface area contributed by atoms with Gasteiger partial charge in [0.15, 0.2) is 0 Å². The van der Waals surface area contributed by atoms with E-state index in [1.165, 1.54) is 0 Å². The molecule has 3 aromatic rings. The highest BCUT2D eigenvalue weighted by Crippen LogP contribution is 2.32. The molecule has 1 amide bonds. The molecule has 1 aromatic heterocycles. The van der Waals surface area contributed by atoms with Gasteiger partial charge in [-0.05, 0) is 55.7 Å². The van der Waals surface area contributed by atoms with E-state index >= 15 is 0 Å². The van der Waals surface area contributed by atoms with Crippen LogP contribution >= 0.6 is 27.5 Å². The number of carbonyl (C=O) groups is 1. The zero-order valence-corrected chi connectivity index (χ0v) is 19.7. The molecule has 2 atom stereocenters. The minimum Gasteiger partial charge on any atom is -0.391 e. The van der Waals surface area contributed by atoms with E-state index in [-0.39, 0.29) is 11.9 Å². The number of imidazole rings is 1. The summed E-state index contributed by atoms with van der Waals surface area (Å²) in [5.74, 6) is 0.367. The highest BCUT2D eigenvalue weighted by Gasteiger charge is 2.29. The van der Waals surface area contributed by atoms with Gasteiger partial charge in [0.2, 0.25) is 0 Å². The van der Waals surface area contributed by atoms with Crippen LogP contribution in [0.5, 0.6) is 0 Å². The maximum atomic E-state index is 13.3. The Balaban J connectivity index is 1.82. The lowest BCUT2D eigenvalue weighted by atomic mass is 9.92. The monoisotopic (exact) mass is 501 g/mol. The molecular weight excluding hydrogens is 478 g/mol. The lowest BCUT2D eigenvalue weighted by molar-refractivity contribution is 0.0713. The molecule has 2 N–H and O–H groups in total. The first-order valence-corrected chi connectivity index (χ1v) is 11.8. The number of aromatic nitrogens is 2. The number of aliphatic hydroxyl groups excluding tert-OH is 1. The van der Waals surface area contributed by atoms with Gasteiger partial charge in [-0.3, -0.25) is 9.36 Å². The summed E-state index contributed by atoms with van der Waals surface area (Å²) in [4.78, 5) is 18.0. The van der Waals surface area contributed by atoms with Crippen molar-refractivity contribution in [3.05, 3.63) is 69.4 Å². The molecule has 7 heteroatoms. The summed E-state index contributed by atoms with van der Waals surface area (Å²) in [5.41, 5.74) is 2.84. The molecule has 0 saturated heterocycles. The summed E-state index contributed by atoms with van der Waals surface area (Å²) in [5, 5.41) is 13.9. The first-order valence-electron chi connectivity index (χ1n) is 10.6. The second-order valence-corrected chi connectivity index (χ2v) is 9.13. The lowest BCUT2D eigenvalue weighted by Gasteiger charge is -2.28. The van der Waals surface area contributed by atoms with Crippen LogP contribution in [-0.2, 0) is 6.42 Å². The van der Waals surface area contributed by atoms with Crippen molar-refractivity contribution in [2.45, 2.75) is 51.2 Å². The molecule has 31 heavy (non-hydrogen) atoms. The number of halogens is 2. The zero-order valence-electron chi connectivity index (χ0n) is 17.3. The molecule has 1 saturated carbocycles. The molecule has 1 fully saturated rings. The van der Waals surface area contributed by atoms with Gasteiger partial charge in [0.05, 0.1) is 22.9 Å². The van der Waals surface area contributed by atoms with Gasteiger partial charge in [0, 0.05) is 15.7 Å². The minimum atomic E-state index is -0.514. The number of benzene rings is 2. The van der Waals surface area contributed by atoms with E-state index in [2.05, 4.69) is 21.2 Å². The zero-order chi connectivity index (χ0) is 22.0. The maximum Gasteiger partial charge on any atom is 0.272 e. The molecule has 1 aliphatic carbocycles. The second-order valence-electron chi connectivity index (χ2n) is 7.81. The Labute approximate surface area is 195 Å². The fourth-order valence-corrected chi connectivity index (χ4v) is 4.65. The van der Waals surface area contributed by atoms with Crippen molar-refractivity contribution in [3.63, 3.8) is 0 Å². The Morgan fingerprint density at radius 2 is 1.90 bits per heavy atom. The molecule has 0 spiro atoms. The van der Waals surface area contributed by atoms with Gasteiger partial charge in [-0.15, -0.1) is 0 Å². The highest BCUT2D eigenvalue weighted by molar-refractivity contribution is 9.10. The van der Waals surface area contributed by atoms with Gasteiger partial charge < -0.3 is 10.4 Å². The molecule has 2 aromatic carbocycles. The largest absolute Gasteiger partial charge is 0.391 e. The number of hydrogen-bond donors (Lipinski definition) is 2. The van der Waals surface area contributed by atoms with Gasteiger partial charge in [-0.25, -0.2) is 4.98 Å². The molecule has 1 heterocycles. The fraction of sp³-hybridized carbons (Fsp3) is 0.333. The molecule has 0 radical (unpaired) electrons. The number of aliphatic hydroxyl groups is 1. The van der Waals surface area contributed by atoms with Crippen LogP contribution in [-0.4, -0.2) is 32.7 Å². The quantitative estimate of drug-likeness (QED) is 0.481. The maximum absolute atomic E-state index is 13.3. The summed E-state index contributed by atoms with van der Waals surface area (Å²) < 4.78 is 2.97. The van der Waals surface area contributed by atoms with Gasteiger partial charge in [-0.2, -0.15) is 0 Å². The van der Waals surface area contributed by atoms with Crippen molar-refractivity contribution in [1.29, 1.82) is 0 Å². The van der Waals surface area contributed by atoms with Gasteiger partial charge in [-0.1, -0.05) is 59.4 Å². The first-order chi connectivity index (χ1) is 15.0. The Morgan fingerprint density at radius 1 is 1.19 bits per heavy atom. The predicted molar refractivity (Wildman–Crippen MR) is 127 cm³/mol. The smallest absolute Gasteiger partial charge is 0.272 e. The third-order valence-electron chi connectivity index (χ3n) is 5.77. The van der Waals surface area contributed by atoms with Crippen molar-refractivity contribution in [3.8, 4) is 17.1 Å². The Kier molecular flexibility index (Phi) is 6.80. The van der Waals surface area contributed by atoms with E-state index < -0.39 is 6.10 Å². The van der Waals surface area contributed by atoms with Crippen molar-refractivity contribution >= 4 is 33.4 Å². The summed E-state index contributed by atoms with van der Waals surface area (Å²) in [6, 6.07) is 15.2. The molecular formula is C24H25BrClN3O2. The van der Waals surface area contributed by atoms with Crippen molar-refractivity contribution < 1.29 is 9.90 Å². The number of nitrogens with zero attached hydrogens (tertiary/aromatic N) is 2. The van der Waals surface area contributed by atoms with Crippen molar-refractivity contribution in [1.82, 2.24) is 14.9 Å². The predicted octanol–water partition coefficient (Wildman–Crippen LogP) is 5.55. The molecule has 4 rings (SSSR count). The van der Waals surface area contributed by atoms with Gasteiger partial charge in [0.25, 0.3) is 5.91 Å².